The maximum absolute atomic E-state index is 12.0. The first-order valence-corrected chi connectivity index (χ1v) is 6.85. The van der Waals surface area contributed by atoms with Crippen LogP contribution in [0, 0.1) is 12.3 Å². The third kappa shape index (κ3) is 3.06. The summed E-state index contributed by atoms with van der Waals surface area (Å²) in [7, 11) is 3.97. The van der Waals surface area contributed by atoms with E-state index in [0.29, 0.717) is 5.69 Å². The number of amides is 2. The average molecular weight is 299 g/mol. The van der Waals surface area contributed by atoms with E-state index in [2.05, 4.69) is 24.1 Å². The van der Waals surface area contributed by atoms with E-state index in [4.69, 9.17) is 6.42 Å². The largest absolute Gasteiger partial charge is 0.377 e. The van der Waals surface area contributed by atoms with Crippen molar-refractivity contribution >= 4 is 41.0 Å². The van der Waals surface area contributed by atoms with Gasteiger partial charge in [0, 0.05) is 30.6 Å². The van der Waals surface area contributed by atoms with E-state index < -0.39 is 0 Å². The van der Waals surface area contributed by atoms with Gasteiger partial charge in [0.15, 0.2) is 0 Å². The van der Waals surface area contributed by atoms with Gasteiger partial charge in [0.2, 0.25) is 0 Å². The predicted molar refractivity (Wildman–Crippen MR) is 92.0 cm³/mol. The molecule has 2 aromatic carbocycles. The second-order valence-electron chi connectivity index (χ2n) is 4.72. The number of nitrogens with one attached hydrogen (secondary N) is 1. The fourth-order valence-corrected chi connectivity index (χ4v) is 2.40. The number of terminal acetylenes is 1. The van der Waals surface area contributed by atoms with Crippen molar-refractivity contribution in [1.82, 2.24) is 5.32 Å². The van der Waals surface area contributed by atoms with E-state index in [-0.39, 0.29) is 12.6 Å². The zero-order valence-electron chi connectivity index (χ0n) is 12.0. The summed E-state index contributed by atoms with van der Waals surface area (Å²) in [5.41, 5.74) is 1.80. The third-order valence-electron chi connectivity index (χ3n) is 3.12. The molecule has 2 aromatic rings. The topological polar surface area (TPSA) is 35.6 Å². The van der Waals surface area contributed by atoms with Gasteiger partial charge >= 0.3 is 6.03 Å². The number of anilines is 2. The molecule has 0 aliphatic heterocycles. The van der Waals surface area contributed by atoms with Crippen LogP contribution in [0.15, 0.2) is 36.4 Å². The van der Waals surface area contributed by atoms with Crippen LogP contribution in [-0.2, 0) is 0 Å². The minimum Gasteiger partial charge on any atom is -0.377 e. The van der Waals surface area contributed by atoms with Gasteiger partial charge in [-0.3, -0.25) is 0 Å². The Morgan fingerprint density at radius 1 is 1.19 bits per heavy atom. The quantitative estimate of drug-likeness (QED) is 0.675. The third-order valence-corrected chi connectivity index (χ3v) is 3.52. The molecule has 0 radical (unpaired) electrons. The van der Waals surface area contributed by atoms with Gasteiger partial charge in [-0.1, -0.05) is 43.0 Å². The van der Waals surface area contributed by atoms with Crippen molar-refractivity contribution in [3.63, 3.8) is 0 Å². The summed E-state index contributed by atoms with van der Waals surface area (Å²) in [6.07, 6.45) is 5.15. The zero-order valence-corrected chi connectivity index (χ0v) is 12.9. The van der Waals surface area contributed by atoms with Crippen LogP contribution in [-0.4, -0.2) is 26.7 Å². The van der Waals surface area contributed by atoms with Gasteiger partial charge in [0.1, 0.15) is 0 Å². The molecular weight excluding hydrogens is 282 g/mol. The highest BCUT2D eigenvalue weighted by molar-refractivity contribution is 7.82. The number of urea groups is 1. The molecule has 0 aromatic heterocycles. The lowest BCUT2D eigenvalue weighted by Crippen LogP contribution is -2.34. The number of rotatable bonds is 3. The van der Waals surface area contributed by atoms with E-state index in [1.54, 1.807) is 0 Å². The lowest BCUT2D eigenvalue weighted by atomic mass is 10.1. The maximum atomic E-state index is 12.0. The van der Waals surface area contributed by atoms with Gasteiger partial charge in [0.25, 0.3) is 0 Å². The Balaban J connectivity index is 2.49. The van der Waals surface area contributed by atoms with E-state index in [9.17, 15) is 4.79 Å². The Kier molecular flexibility index (Phi) is 4.61. The van der Waals surface area contributed by atoms with Crippen LogP contribution in [0.3, 0.4) is 0 Å². The van der Waals surface area contributed by atoms with Gasteiger partial charge in [-0.2, -0.15) is 0 Å². The lowest BCUT2D eigenvalue weighted by molar-refractivity contribution is 0.251. The van der Waals surface area contributed by atoms with Crippen molar-refractivity contribution < 1.29 is 4.79 Å². The second-order valence-corrected chi connectivity index (χ2v) is 5.12. The molecule has 2 amide bonds. The van der Waals surface area contributed by atoms with Crippen LogP contribution < -0.4 is 14.5 Å². The van der Waals surface area contributed by atoms with Crippen LogP contribution >= 0.6 is 12.8 Å². The Morgan fingerprint density at radius 3 is 2.33 bits per heavy atom. The van der Waals surface area contributed by atoms with Crippen LogP contribution in [0.1, 0.15) is 0 Å². The maximum Gasteiger partial charge on any atom is 0.332 e. The summed E-state index contributed by atoms with van der Waals surface area (Å²) in [5.74, 6) is 2.37. The standard InChI is InChI=1S/C16H17N3OS/c1-4-11-17-16(20)19(21)15-10-9-14(18(2)3)12-7-5-6-8-13(12)15/h1,5-10,21H,11H2,2-3H3,(H,17,20). The Bertz CT molecular complexity index is 706. The molecule has 5 heteroatoms. The number of thiol groups is 1. The lowest BCUT2D eigenvalue weighted by Gasteiger charge is -2.21. The molecule has 2 rings (SSSR count). The van der Waals surface area contributed by atoms with Crippen molar-refractivity contribution in [2.24, 2.45) is 0 Å². The molecule has 0 atom stereocenters. The fourth-order valence-electron chi connectivity index (χ4n) is 2.15. The highest BCUT2D eigenvalue weighted by atomic mass is 32.1. The van der Waals surface area contributed by atoms with Gasteiger partial charge in [-0.15, -0.1) is 6.42 Å². The molecular formula is C16H17N3OS. The molecule has 0 spiro atoms. The average Bonchev–Trinajstić information content (AvgIpc) is 2.50. The first kappa shape index (κ1) is 15.1. The molecule has 108 valence electrons. The number of benzene rings is 2. The molecule has 0 bridgehead atoms. The summed E-state index contributed by atoms with van der Waals surface area (Å²) in [4.78, 5) is 14.0. The summed E-state index contributed by atoms with van der Waals surface area (Å²) < 4.78 is 1.28. The van der Waals surface area contributed by atoms with Gasteiger partial charge < -0.3 is 10.2 Å². The van der Waals surface area contributed by atoms with Crippen LogP contribution in [0.25, 0.3) is 10.8 Å². The Hall–Kier alpha value is -2.32. The Morgan fingerprint density at radius 2 is 1.76 bits per heavy atom. The Labute approximate surface area is 130 Å². The van der Waals surface area contributed by atoms with Crippen molar-refractivity contribution in [3.8, 4) is 12.3 Å². The summed E-state index contributed by atoms with van der Waals surface area (Å²) >= 11 is 4.29. The van der Waals surface area contributed by atoms with Crippen LogP contribution in [0.5, 0.6) is 0 Å². The fraction of sp³-hybridized carbons (Fsp3) is 0.188. The number of carbonyl (C=O) groups excluding carboxylic acids is 1. The van der Waals surface area contributed by atoms with E-state index in [1.807, 2.05) is 55.4 Å². The first-order chi connectivity index (χ1) is 10.1. The molecule has 0 saturated carbocycles. The summed E-state index contributed by atoms with van der Waals surface area (Å²) in [6, 6.07) is 11.4. The minimum atomic E-state index is -0.348. The molecule has 0 aliphatic carbocycles. The van der Waals surface area contributed by atoms with Crippen molar-refractivity contribution in [3.05, 3.63) is 36.4 Å². The molecule has 0 fully saturated rings. The molecule has 0 heterocycles. The minimum absolute atomic E-state index is 0.170. The molecule has 0 aliphatic rings. The normalized spacial score (nSPS) is 10.0. The number of nitrogens with zero attached hydrogens (tertiary/aromatic N) is 2. The zero-order chi connectivity index (χ0) is 15.4. The van der Waals surface area contributed by atoms with E-state index in [1.165, 1.54) is 4.31 Å². The van der Waals surface area contributed by atoms with Crippen molar-refractivity contribution in [1.29, 1.82) is 0 Å². The molecule has 0 saturated heterocycles. The van der Waals surface area contributed by atoms with Crippen LogP contribution in [0.2, 0.25) is 0 Å². The molecule has 0 unspecified atom stereocenters. The van der Waals surface area contributed by atoms with Crippen molar-refractivity contribution in [2.45, 2.75) is 0 Å². The van der Waals surface area contributed by atoms with Gasteiger partial charge in [0.05, 0.1) is 12.2 Å². The first-order valence-electron chi connectivity index (χ1n) is 6.45. The van der Waals surface area contributed by atoms with Crippen molar-refractivity contribution in [2.75, 3.05) is 29.8 Å². The molecule has 1 N–H and O–H groups in total. The molecule has 21 heavy (non-hydrogen) atoms. The monoisotopic (exact) mass is 299 g/mol. The van der Waals surface area contributed by atoms with E-state index >= 15 is 0 Å². The summed E-state index contributed by atoms with van der Waals surface area (Å²) in [5, 5.41) is 4.61. The number of hydrogen-bond acceptors (Lipinski definition) is 3. The highest BCUT2D eigenvalue weighted by Crippen LogP contribution is 2.34. The summed E-state index contributed by atoms with van der Waals surface area (Å²) in [6.45, 7) is 0.170. The smallest absolute Gasteiger partial charge is 0.332 e. The van der Waals surface area contributed by atoms with Crippen LogP contribution in [0.4, 0.5) is 16.2 Å². The van der Waals surface area contributed by atoms with Gasteiger partial charge in [-0.25, -0.2) is 9.10 Å². The number of fused-ring (bicyclic) bond motifs is 1. The highest BCUT2D eigenvalue weighted by Gasteiger charge is 2.15. The predicted octanol–water partition coefficient (Wildman–Crippen LogP) is 2.90. The molecule has 4 nitrogen and oxygen atoms in total. The SMILES string of the molecule is C#CCNC(=O)N(S)c1ccc(N(C)C)c2ccccc12. The van der Waals surface area contributed by atoms with Gasteiger partial charge in [-0.05, 0) is 12.1 Å². The number of hydrogen-bond donors (Lipinski definition) is 2. The second kappa shape index (κ2) is 6.42. The van der Waals surface area contributed by atoms with E-state index in [0.717, 1.165) is 16.5 Å². The number of carbonyl (C=O) groups is 1.